The molecular weight excluding hydrogens is 318 g/mol. The van der Waals surface area contributed by atoms with E-state index in [9.17, 15) is 20.1 Å². The first-order valence-electron chi connectivity index (χ1n) is 7.28. The van der Waals surface area contributed by atoms with E-state index < -0.39 is 31.1 Å². The summed E-state index contributed by atoms with van der Waals surface area (Å²) in [6.07, 6.45) is -1.54. The lowest BCUT2D eigenvalue weighted by Crippen LogP contribution is -2.33. The lowest BCUT2D eigenvalue weighted by molar-refractivity contribution is -0.0587. The lowest BCUT2D eigenvalue weighted by Gasteiger charge is -2.17. The highest BCUT2D eigenvalue weighted by Crippen LogP contribution is 2.33. The summed E-state index contributed by atoms with van der Waals surface area (Å²) in [6.45, 7) is -0.438. The van der Waals surface area contributed by atoms with Crippen molar-refractivity contribution in [1.29, 1.82) is 0 Å². The normalized spacial score (nSPS) is 27.3. The van der Waals surface area contributed by atoms with Gasteiger partial charge in [-0.2, -0.15) is 10.2 Å². The Balaban J connectivity index is 1.95. The van der Waals surface area contributed by atoms with Crippen LogP contribution < -0.4 is 11.3 Å². The number of aliphatic hydroxyl groups excluding tert-OH is 3. The summed E-state index contributed by atoms with van der Waals surface area (Å²) in [5, 5.41) is 41.2. The van der Waals surface area contributed by atoms with Crippen LogP contribution in [0.25, 0.3) is 21.7 Å². The number of anilines is 1. The average Bonchev–Trinajstić information content (AvgIpc) is 2.99. The Kier molecular flexibility index (Phi) is 3.28. The summed E-state index contributed by atoms with van der Waals surface area (Å²) in [5.41, 5.74) is 6.34. The maximum atomic E-state index is 12.0. The molecule has 0 saturated carbocycles. The van der Waals surface area contributed by atoms with Crippen LogP contribution in [0.4, 0.5) is 5.69 Å². The van der Waals surface area contributed by atoms with E-state index in [4.69, 9.17) is 10.5 Å². The topological polar surface area (TPSA) is 160 Å². The van der Waals surface area contributed by atoms with Crippen molar-refractivity contribution in [2.45, 2.75) is 24.5 Å². The number of nitrogens with two attached hydrogens (primary N) is 1. The van der Waals surface area contributed by atoms with Gasteiger partial charge in [0.25, 0.3) is 5.56 Å². The molecule has 10 heteroatoms. The van der Waals surface area contributed by atoms with Gasteiger partial charge in [0.2, 0.25) is 0 Å². The highest BCUT2D eigenvalue weighted by molar-refractivity contribution is 6.14. The van der Waals surface area contributed by atoms with Gasteiger partial charge in [0.05, 0.1) is 18.2 Å². The number of aliphatic hydroxyl groups is 3. The number of hydrogen-bond donors (Lipinski definition) is 5. The van der Waals surface area contributed by atoms with Gasteiger partial charge in [-0.3, -0.25) is 4.79 Å². The Bertz CT molecular complexity index is 983. The molecule has 0 amide bonds. The molecule has 4 rings (SSSR count). The van der Waals surface area contributed by atoms with Crippen molar-refractivity contribution in [3.8, 4) is 0 Å². The minimum Gasteiger partial charge on any atom is -0.398 e. The zero-order valence-corrected chi connectivity index (χ0v) is 12.3. The molecule has 0 unspecified atom stereocenters. The number of nitrogens with zero attached hydrogens (tertiary/aromatic N) is 3. The largest absolute Gasteiger partial charge is 0.398 e. The van der Waals surface area contributed by atoms with Gasteiger partial charge >= 0.3 is 0 Å². The fourth-order valence-electron chi connectivity index (χ4n) is 3.06. The predicted octanol–water partition coefficient (Wildman–Crippen LogP) is -1.53. The van der Waals surface area contributed by atoms with Crippen LogP contribution >= 0.6 is 0 Å². The van der Waals surface area contributed by atoms with Crippen molar-refractivity contribution in [1.82, 2.24) is 20.0 Å². The summed E-state index contributed by atoms with van der Waals surface area (Å²) < 4.78 is 6.78. The number of aromatic amines is 1. The molecule has 6 N–H and O–H groups in total. The second kappa shape index (κ2) is 5.24. The Labute approximate surface area is 134 Å². The summed E-state index contributed by atoms with van der Waals surface area (Å²) in [7, 11) is 0. The van der Waals surface area contributed by atoms with Gasteiger partial charge in [-0.05, 0) is 6.07 Å². The number of aromatic nitrogens is 4. The van der Waals surface area contributed by atoms with Gasteiger partial charge in [-0.1, -0.05) is 0 Å². The Morgan fingerprint density at radius 1 is 1.33 bits per heavy atom. The molecule has 3 aromatic rings. The number of rotatable bonds is 2. The standard InChI is InChI=1S/C14H15N5O5/c15-7-1-5-10-6(7)3-19(18-8(10)2-16-17-13(5)23)14-12(22)11(21)9(4-20)24-14/h1-3,9,11-12,14,20-22H,4,15H2,(H,17,23)/t9-,11-,12-,14-/m1/s1. The lowest BCUT2D eigenvalue weighted by atomic mass is 10.1. The van der Waals surface area contributed by atoms with Crippen molar-refractivity contribution in [2.75, 3.05) is 12.3 Å². The number of ether oxygens (including phenoxy) is 1. The molecule has 24 heavy (non-hydrogen) atoms. The maximum Gasteiger partial charge on any atom is 0.272 e. The van der Waals surface area contributed by atoms with Crippen molar-refractivity contribution >= 4 is 27.4 Å². The number of nitrogen functional groups attached to an aromatic ring is 1. The summed E-state index contributed by atoms with van der Waals surface area (Å²) in [4.78, 5) is 12.0. The zero-order valence-electron chi connectivity index (χ0n) is 12.3. The van der Waals surface area contributed by atoms with Crippen LogP contribution in [-0.2, 0) is 4.74 Å². The number of H-pyrrole nitrogens is 1. The first-order valence-corrected chi connectivity index (χ1v) is 7.28. The van der Waals surface area contributed by atoms with Gasteiger partial charge in [0, 0.05) is 22.7 Å². The molecule has 1 aliphatic heterocycles. The summed E-state index contributed by atoms with van der Waals surface area (Å²) >= 11 is 0. The molecule has 2 aromatic heterocycles. The third kappa shape index (κ3) is 2.01. The molecule has 1 aliphatic rings. The fourth-order valence-corrected chi connectivity index (χ4v) is 3.06. The van der Waals surface area contributed by atoms with Crippen molar-refractivity contribution < 1.29 is 20.1 Å². The van der Waals surface area contributed by atoms with Gasteiger partial charge < -0.3 is 25.8 Å². The van der Waals surface area contributed by atoms with E-state index in [0.29, 0.717) is 27.4 Å². The van der Waals surface area contributed by atoms with Crippen molar-refractivity contribution in [2.24, 2.45) is 0 Å². The van der Waals surface area contributed by atoms with E-state index in [0.717, 1.165) is 0 Å². The molecule has 10 nitrogen and oxygen atoms in total. The highest BCUT2D eigenvalue weighted by Gasteiger charge is 2.43. The molecule has 1 aromatic carbocycles. The quantitative estimate of drug-likeness (QED) is 0.377. The van der Waals surface area contributed by atoms with Crippen LogP contribution in [0.1, 0.15) is 6.23 Å². The third-order valence-electron chi connectivity index (χ3n) is 4.27. The number of nitrogens with one attached hydrogen (secondary N) is 1. The van der Waals surface area contributed by atoms with Gasteiger partial charge in [-0.25, -0.2) is 9.78 Å². The van der Waals surface area contributed by atoms with Crippen LogP contribution in [0.3, 0.4) is 0 Å². The molecule has 0 radical (unpaired) electrons. The maximum absolute atomic E-state index is 12.0. The molecular formula is C14H15N5O5. The minimum atomic E-state index is -1.28. The Hall–Kier alpha value is -2.53. The minimum absolute atomic E-state index is 0.357. The Morgan fingerprint density at radius 2 is 2.12 bits per heavy atom. The third-order valence-corrected chi connectivity index (χ3v) is 4.27. The summed E-state index contributed by atoms with van der Waals surface area (Å²) in [5.74, 6) is 0. The van der Waals surface area contributed by atoms with Crippen LogP contribution in [0, 0.1) is 0 Å². The van der Waals surface area contributed by atoms with E-state index in [-0.39, 0.29) is 5.56 Å². The van der Waals surface area contributed by atoms with E-state index in [2.05, 4.69) is 15.3 Å². The van der Waals surface area contributed by atoms with Crippen LogP contribution in [0.15, 0.2) is 23.3 Å². The first kappa shape index (κ1) is 15.0. The number of hydrogen-bond acceptors (Lipinski definition) is 8. The molecule has 1 fully saturated rings. The molecule has 0 aliphatic carbocycles. The van der Waals surface area contributed by atoms with E-state index in [1.54, 1.807) is 0 Å². The molecule has 0 spiro atoms. The van der Waals surface area contributed by atoms with Gasteiger partial charge in [-0.15, -0.1) is 0 Å². The van der Waals surface area contributed by atoms with Crippen LogP contribution in [0.2, 0.25) is 0 Å². The molecule has 0 bridgehead atoms. The average molecular weight is 333 g/mol. The molecule has 3 heterocycles. The SMILES string of the molecule is Nc1cc2c(=O)[nH]ncc3nn([C@@H]4O[C@H](CO)[C@@H](O)[C@H]4O)cc1c32. The first-order chi connectivity index (χ1) is 11.5. The van der Waals surface area contributed by atoms with Gasteiger partial charge in [0.15, 0.2) is 6.23 Å². The molecule has 4 atom stereocenters. The second-order valence-electron chi connectivity index (χ2n) is 5.72. The van der Waals surface area contributed by atoms with Crippen molar-refractivity contribution in [3.63, 3.8) is 0 Å². The summed E-state index contributed by atoms with van der Waals surface area (Å²) in [6, 6.07) is 1.53. The zero-order chi connectivity index (χ0) is 17.0. The van der Waals surface area contributed by atoms with E-state index in [1.165, 1.54) is 23.1 Å². The van der Waals surface area contributed by atoms with Crippen LogP contribution in [0.5, 0.6) is 0 Å². The van der Waals surface area contributed by atoms with Crippen molar-refractivity contribution in [3.05, 3.63) is 28.8 Å². The monoisotopic (exact) mass is 333 g/mol. The fraction of sp³-hybridized carbons (Fsp3) is 0.357. The second-order valence-corrected chi connectivity index (χ2v) is 5.72. The van der Waals surface area contributed by atoms with Crippen LogP contribution in [-0.4, -0.2) is 60.2 Å². The van der Waals surface area contributed by atoms with E-state index in [1.807, 2.05) is 0 Å². The molecule has 126 valence electrons. The highest BCUT2D eigenvalue weighted by atomic mass is 16.6. The molecule has 1 saturated heterocycles. The predicted molar refractivity (Wildman–Crippen MR) is 83.1 cm³/mol. The van der Waals surface area contributed by atoms with Gasteiger partial charge in [0.1, 0.15) is 23.8 Å². The smallest absolute Gasteiger partial charge is 0.272 e. The van der Waals surface area contributed by atoms with E-state index >= 15 is 0 Å². The Morgan fingerprint density at radius 3 is 2.83 bits per heavy atom.